The van der Waals surface area contributed by atoms with Gasteiger partial charge in [0.2, 0.25) is 0 Å². The Kier molecular flexibility index (Phi) is 4.05. The van der Waals surface area contributed by atoms with Crippen molar-refractivity contribution >= 4 is 46.5 Å². The van der Waals surface area contributed by atoms with Crippen LogP contribution in [0.2, 0.25) is 10.2 Å². The summed E-state index contributed by atoms with van der Waals surface area (Å²) >= 11 is 12.6. The Morgan fingerprint density at radius 2 is 2.22 bits per heavy atom. The Labute approximate surface area is 117 Å². The zero-order valence-electron chi connectivity index (χ0n) is 9.15. The topological polar surface area (TPSA) is 80.7 Å². The molecule has 0 aliphatic rings. The summed E-state index contributed by atoms with van der Waals surface area (Å²) in [6, 6.07) is 0. The van der Waals surface area contributed by atoms with Crippen molar-refractivity contribution in [3.05, 3.63) is 27.1 Å². The van der Waals surface area contributed by atoms with Crippen molar-refractivity contribution in [2.24, 2.45) is 0 Å². The van der Waals surface area contributed by atoms with Gasteiger partial charge < -0.3 is 5.32 Å². The van der Waals surface area contributed by atoms with E-state index in [1.807, 2.05) is 6.92 Å². The number of hydrogen-bond donors (Lipinski definition) is 1. The van der Waals surface area contributed by atoms with Gasteiger partial charge in [-0.2, -0.15) is 0 Å². The van der Waals surface area contributed by atoms with E-state index in [2.05, 4.69) is 24.9 Å². The van der Waals surface area contributed by atoms with Gasteiger partial charge in [-0.3, -0.25) is 4.79 Å². The number of rotatable bonds is 3. The van der Waals surface area contributed by atoms with Gasteiger partial charge in [-0.1, -0.05) is 34.6 Å². The smallest absolute Gasteiger partial charge is 0.270 e. The van der Waals surface area contributed by atoms with Crippen LogP contribution in [0, 0.1) is 0 Å². The lowest BCUT2D eigenvalue weighted by Gasteiger charge is -2.05. The molecule has 0 aliphatic heterocycles. The van der Waals surface area contributed by atoms with Gasteiger partial charge in [0.05, 0.1) is 5.69 Å². The minimum atomic E-state index is -0.362. The number of hydrogen-bond acceptors (Lipinski definition) is 6. The normalized spacial score (nSPS) is 10.4. The van der Waals surface area contributed by atoms with Crippen molar-refractivity contribution in [3.63, 3.8) is 0 Å². The molecule has 0 saturated heterocycles. The molecule has 0 fully saturated rings. The third-order valence-corrected chi connectivity index (χ3v) is 3.58. The van der Waals surface area contributed by atoms with Crippen molar-refractivity contribution in [3.8, 4) is 0 Å². The number of aromatic nitrogens is 4. The van der Waals surface area contributed by atoms with Crippen molar-refractivity contribution in [1.82, 2.24) is 19.6 Å². The van der Waals surface area contributed by atoms with Crippen LogP contribution in [0.1, 0.15) is 22.3 Å². The quantitative estimate of drug-likeness (QED) is 0.881. The first-order valence-electron chi connectivity index (χ1n) is 4.92. The molecular weight excluding hydrogens is 297 g/mol. The van der Waals surface area contributed by atoms with Gasteiger partial charge in [-0.05, 0) is 18.0 Å². The van der Waals surface area contributed by atoms with Crippen molar-refractivity contribution < 1.29 is 4.79 Å². The molecule has 0 aromatic carbocycles. The van der Waals surface area contributed by atoms with Gasteiger partial charge in [0.25, 0.3) is 5.91 Å². The average Bonchev–Trinajstić information content (AvgIpc) is 2.83. The van der Waals surface area contributed by atoms with Gasteiger partial charge in [0.15, 0.2) is 11.0 Å². The minimum absolute atomic E-state index is 0.0834. The Bertz CT molecular complexity index is 588. The molecule has 0 radical (unpaired) electrons. The number of nitrogens with zero attached hydrogens (tertiary/aromatic N) is 4. The molecule has 2 rings (SSSR count). The Morgan fingerprint density at radius 3 is 2.94 bits per heavy atom. The molecule has 0 aliphatic carbocycles. The third kappa shape index (κ3) is 2.58. The summed E-state index contributed by atoms with van der Waals surface area (Å²) in [7, 11) is 0. The van der Waals surface area contributed by atoms with Gasteiger partial charge in [-0.25, -0.2) is 9.97 Å². The molecule has 18 heavy (non-hydrogen) atoms. The van der Waals surface area contributed by atoms with E-state index in [1.165, 1.54) is 6.33 Å². The second kappa shape index (κ2) is 5.55. The van der Waals surface area contributed by atoms with Crippen LogP contribution in [0.5, 0.6) is 0 Å². The number of aryl methyl sites for hydroxylation is 1. The number of carbonyl (C=O) groups is 1. The SMILES string of the molecule is CCc1nnsc1C(=O)Nc1ncnc(Cl)c1Cl. The molecule has 2 heterocycles. The van der Waals surface area contributed by atoms with Gasteiger partial charge >= 0.3 is 0 Å². The predicted octanol–water partition coefficient (Wildman–Crippen LogP) is 2.45. The van der Waals surface area contributed by atoms with E-state index in [1.54, 1.807) is 0 Å². The lowest BCUT2D eigenvalue weighted by Crippen LogP contribution is -2.14. The molecule has 1 amide bonds. The summed E-state index contributed by atoms with van der Waals surface area (Å²) in [5.74, 6) is -0.198. The number of nitrogens with one attached hydrogen (secondary N) is 1. The van der Waals surface area contributed by atoms with Crippen LogP contribution >= 0.6 is 34.7 Å². The molecule has 0 unspecified atom stereocenters. The number of anilines is 1. The van der Waals surface area contributed by atoms with Crippen molar-refractivity contribution in [2.45, 2.75) is 13.3 Å². The van der Waals surface area contributed by atoms with E-state index in [4.69, 9.17) is 23.2 Å². The molecule has 9 heteroatoms. The average molecular weight is 304 g/mol. The first-order chi connectivity index (χ1) is 8.63. The number of halogens is 2. The van der Waals surface area contributed by atoms with Crippen LogP contribution in [0.15, 0.2) is 6.33 Å². The fourth-order valence-corrected chi connectivity index (χ4v) is 2.14. The van der Waals surface area contributed by atoms with Crippen LogP contribution in [0.4, 0.5) is 5.82 Å². The van der Waals surface area contributed by atoms with E-state index in [-0.39, 0.29) is 21.9 Å². The summed E-state index contributed by atoms with van der Waals surface area (Å²) in [6.07, 6.45) is 1.84. The number of carbonyl (C=O) groups excluding carboxylic acids is 1. The van der Waals surface area contributed by atoms with Crippen LogP contribution in [-0.4, -0.2) is 25.5 Å². The molecule has 0 spiro atoms. The van der Waals surface area contributed by atoms with Gasteiger partial charge in [0, 0.05) is 0 Å². The number of amides is 1. The van der Waals surface area contributed by atoms with Crippen LogP contribution in [-0.2, 0) is 6.42 Å². The van der Waals surface area contributed by atoms with E-state index in [0.717, 1.165) is 11.5 Å². The fourth-order valence-electron chi connectivity index (χ4n) is 1.21. The lowest BCUT2D eigenvalue weighted by molar-refractivity contribution is 0.102. The molecule has 94 valence electrons. The van der Waals surface area contributed by atoms with Crippen LogP contribution in [0.25, 0.3) is 0 Å². The second-order valence-electron chi connectivity index (χ2n) is 3.18. The zero-order chi connectivity index (χ0) is 13.1. The Balaban J connectivity index is 2.24. The monoisotopic (exact) mass is 303 g/mol. The molecule has 0 atom stereocenters. The molecular formula is C9H7Cl2N5OS. The first-order valence-corrected chi connectivity index (χ1v) is 6.45. The standard InChI is InChI=1S/C9H7Cl2N5OS/c1-2-4-6(18-16-15-4)9(17)14-8-5(10)7(11)12-3-13-8/h3H,2H2,1H3,(H,12,13,14,17). The third-order valence-electron chi connectivity index (χ3n) is 2.08. The molecule has 6 nitrogen and oxygen atoms in total. The Hall–Kier alpha value is -1.31. The summed E-state index contributed by atoms with van der Waals surface area (Å²) in [6.45, 7) is 1.89. The van der Waals surface area contributed by atoms with Gasteiger partial charge in [-0.15, -0.1) is 5.10 Å². The van der Waals surface area contributed by atoms with Crippen LogP contribution < -0.4 is 5.32 Å². The fraction of sp³-hybridized carbons (Fsp3) is 0.222. The highest BCUT2D eigenvalue weighted by Crippen LogP contribution is 2.26. The summed E-state index contributed by atoms with van der Waals surface area (Å²) in [4.78, 5) is 20.0. The van der Waals surface area contributed by atoms with Crippen molar-refractivity contribution in [2.75, 3.05) is 5.32 Å². The maximum Gasteiger partial charge on any atom is 0.270 e. The molecule has 0 saturated carbocycles. The zero-order valence-corrected chi connectivity index (χ0v) is 11.5. The minimum Gasteiger partial charge on any atom is -0.304 e. The van der Waals surface area contributed by atoms with Crippen LogP contribution in [0.3, 0.4) is 0 Å². The highest BCUT2D eigenvalue weighted by molar-refractivity contribution is 7.08. The van der Waals surface area contributed by atoms with Crippen molar-refractivity contribution in [1.29, 1.82) is 0 Å². The largest absolute Gasteiger partial charge is 0.304 e. The van der Waals surface area contributed by atoms with Gasteiger partial charge in [0.1, 0.15) is 16.2 Å². The Morgan fingerprint density at radius 1 is 1.44 bits per heavy atom. The summed E-state index contributed by atoms with van der Waals surface area (Å²) < 4.78 is 3.73. The van der Waals surface area contributed by atoms with E-state index in [9.17, 15) is 4.79 Å². The lowest BCUT2D eigenvalue weighted by atomic mass is 10.3. The maximum absolute atomic E-state index is 12.0. The maximum atomic E-state index is 12.0. The summed E-state index contributed by atoms with van der Waals surface area (Å²) in [5, 5.41) is 6.59. The van der Waals surface area contributed by atoms with E-state index >= 15 is 0 Å². The summed E-state index contributed by atoms with van der Waals surface area (Å²) in [5.41, 5.74) is 0.633. The first kappa shape index (κ1) is 13.1. The molecule has 2 aromatic heterocycles. The second-order valence-corrected chi connectivity index (χ2v) is 4.67. The molecule has 0 bridgehead atoms. The predicted molar refractivity (Wildman–Crippen MR) is 69.3 cm³/mol. The van der Waals surface area contributed by atoms with E-state index in [0.29, 0.717) is 17.0 Å². The highest BCUT2D eigenvalue weighted by atomic mass is 35.5. The van der Waals surface area contributed by atoms with E-state index < -0.39 is 0 Å². The highest BCUT2D eigenvalue weighted by Gasteiger charge is 2.17. The molecule has 2 aromatic rings. The molecule has 1 N–H and O–H groups in total.